The summed E-state index contributed by atoms with van der Waals surface area (Å²) in [5.41, 5.74) is 1.40. The van der Waals surface area contributed by atoms with Crippen LogP contribution in [0.3, 0.4) is 0 Å². The first-order chi connectivity index (χ1) is 9.12. The third-order valence-electron chi connectivity index (χ3n) is 2.69. The minimum atomic E-state index is 0.0262. The third-order valence-corrected chi connectivity index (χ3v) is 2.69. The molecule has 0 saturated carbocycles. The molecule has 0 atom stereocenters. The van der Waals surface area contributed by atoms with E-state index in [4.69, 9.17) is 0 Å². The number of aromatic nitrogens is 3. The molecule has 0 aliphatic heterocycles. The number of rotatable bonds is 3. The summed E-state index contributed by atoms with van der Waals surface area (Å²) in [6.45, 7) is 23.5. The number of hydrogen-bond acceptors (Lipinski definition) is 2. The Hall–Kier alpha value is -0.860. The van der Waals surface area contributed by atoms with Gasteiger partial charge in [-0.1, -0.05) is 67.5 Å². The van der Waals surface area contributed by atoms with Gasteiger partial charge in [-0.3, -0.25) is 0 Å². The van der Waals surface area contributed by atoms with Gasteiger partial charge in [-0.15, -0.1) is 5.10 Å². The lowest BCUT2D eigenvalue weighted by molar-refractivity contribution is 0.195. The summed E-state index contributed by atoms with van der Waals surface area (Å²) >= 11 is 0. The molecule has 3 heteroatoms. The van der Waals surface area contributed by atoms with Gasteiger partial charge in [0.25, 0.3) is 0 Å². The minimum Gasteiger partial charge on any atom is -0.247 e. The van der Waals surface area contributed by atoms with Crippen LogP contribution in [0.25, 0.3) is 0 Å². The van der Waals surface area contributed by atoms with Gasteiger partial charge >= 0.3 is 0 Å². The van der Waals surface area contributed by atoms with E-state index in [2.05, 4.69) is 65.0 Å². The standard InChI is InChI=1S/C13H25N3.2C2H6/c1-10(2)11-8-16(15-14-11)13(6,7)9-12(3,4)5;2*1-2/h8,10H,9H2,1-7H3;2*1-2H3. The van der Waals surface area contributed by atoms with Crippen molar-refractivity contribution in [3.63, 3.8) is 0 Å². The molecule has 0 N–H and O–H groups in total. The molecule has 0 unspecified atom stereocenters. The van der Waals surface area contributed by atoms with Crippen LogP contribution in [-0.4, -0.2) is 15.0 Å². The van der Waals surface area contributed by atoms with Crippen LogP contribution >= 0.6 is 0 Å². The average molecular weight is 284 g/mol. The van der Waals surface area contributed by atoms with Crippen LogP contribution in [0, 0.1) is 5.41 Å². The Balaban J connectivity index is 0. The summed E-state index contributed by atoms with van der Waals surface area (Å²) in [7, 11) is 0. The summed E-state index contributed by atoms with van der Waals surface area (Å²) in [5.74, 6) is 0.444. The monoisotopic (exact) mass is 283 g/mol. The van der Waals surface area contributed by atoms with E-state index in [1.165, 1.54) is 0 Å². The second kappa shape index (κ2) is 9.15. The highest BCUT2D eigenvalue weighted by Gasteiger charge is 2.28. The van der Waals surface area contributed by atoms with E-state index in [0.717, 1.165) is 12.1 Å². The zero-order chi connectivity index (χ0) is 16.6. The Labute approximate surface area is 127 Å². The largest absolute Gasteiger partial charge is 0.247 e. The molecule has 0 fully saturated rings. The predicted molar refractivity (Wildman–Crippen MR) is 90.2 cm³/mol. The molecule has 0 bridgehead atoms. The SMILES string of the molecule is CC.CC.CC(C)c1cn(C(C)(C)CC(C)(C)C)nn1. The zero-order valence-corrected chi connectivity index (χ0v) is 15.7. The third kappa shape index (κ3) is 7.66. The first-order valence-electron chi connectivity index (χ1n) is 8.04. The fraction of sp³-hybridized carbons (Fsp3) is 0.882. The fourth-order valence-electron chi connectivity index (χ4n) is 2.22. The van der Waals surface area contributed by atoms with Crippen LogP contribution in [0.1, 0.15) is 94.2 Å². The van der Waals surface area contributed by atoms with Crippen molar-refractivity contribution in [2.24, 2.45) is 5.41 Å². The lowest BCUT2D eigenvalue weighted by Crippen LogP contribution is -2.32. The summed E-state index contributed by atoms with van der Waals surface area (Å²) in [6, 6.07) is 0. The molecule has 0 aliphatic rings. The van der Waals surface area contributed by atoms with Gasteiger partial charge in [0.05, 0.1) is 11.2 Å². The smallest absolute Gasteiger partial charge is 0.0852 e. The Morgan fingerprint density at radius 1 is 1.00 bits per heavy atom. The Bertz CT molecular complexity index is 343. The van der Waals surface area contributed by atoms with E-state index in [1.54, 1.807) is 0 Å². The van der Waals surface area contributed by atoms with Gasteiger partial charge in [-0.05, 0) is 31.6 Å². The van der Waals surface area contributed by atoms with Crippen LogP contribution in [0.5, 0.6) is 0 Å². The number of hydrogen-bond donors (Lipinski definition) is 0. The maximum atomic E-state index is 4.26. The van der Waals surface area contributed by atoms with Gasteiger partial charge in [-0.25, -0.2) is 4.68 Å². The Morgan fingerprint density at radius 2 is 1.45 bits per heavy atom. The van der Waals surface area contributed by atoms with E-state index < -0.39 is 0 Å². The van der Waals surface area contributed by atoms with Crippen molar-refractivity contribution >= 4 is 0 Å². The molecular formula is C17H37N3. The molecule has 1 aromatic heterocycles. The van der Waals surface area contributed by atoms with Gasteiger partial charge < -0.3 is 0 Å². The molecule has 1 rings (SSSR count). The van der Waals surface area contributed by atoms with Gasteiger partial charge in [0.1, 0.15) is 0 Å². The van der Waals surface area contributed by atoms with Gasteiger partial charge in [0, 0.05) is 6.20 Å². The topological polar surface area (TPSA) is 30.7 Å². The second-order valence-corrected chi connectivity index (χ2v) is 6.79. The van der Waals surface area contributed by atoms with Crippen molar-refractivity contribution in [3.8, 4) is 0 Å². The molecule has 0 aliphatic carbocycles. The van der Waals surface area contributed by atoms with Gasteiger partial charge in [0.2, 0.25) is 0 Å². The van der Waals surface area contributed by atoms with Crippen molar-refractivity contribution in [1.82, 2.24) is 15.0 Å². The quantitative estimate of drug-likeness (QED) is 0.720. The summed E-state index contributed by atoms with van der Waals surface area (Å²) in [5, 5.41) is 8.48. The molecule has 0 aromatic carbocycles. The highest BCUT2D eigenvalue weighted by Crippen LogP contribution is 2.31. The van der Waals surface area contributed by atoms with Crippen molar-refractivity contribution in [2.45, 2.75) is 94.0 Å². The van der Waals surface area contributed by atoms with Crippen molar-refractivity contribution in [2.75, 3.05) is 0 Å². The molecule has 0 saturated heterocycles. The van der Waals surface area contributed by atoms with Crippen LogP contribution in [0.15, 0.2) is 6.20 Å². The first kappa shape index (κ1) is 21.4. The molecule has 1 heterocycles. The molecular weight excluding hydrogens is 246 g/mol. The van der Waals surface area contributed by atoms with Crippen LogP contribution < -0.4 is 0 Å². The summed E-state index contributed by atoms with van der Waals surface area (Å²) in [6.07, 6.45) is 3.16. The van der Waals surface area contributed by atoms with Crippen molar-refractivity contribution in [3.05, 3.63) is 11.9 Å². The summed E-state index contributed by atoms with van der Waals surface area (Å²) < 4.78 is 2.01. The Kier molecular flexibility index (Phi) is 9.80. The lowest BCUT2D eigenvalue weighted by atomic mass is 9.82. The highest BCUT2D eigenvalue weighted by molar-refractivity contribution is 5.00. The average Bonchev–Trinajstić information content (AvgIpc) is 2.81. The molecule has 0 amide bonds. The second-order valence-electron chi connectivity index (χ2n) is 6.79. The van der Waals surface area contributed by atoms with Gasteiger partial charge in [0.15, 0.2) is 0 Å². The van der Waals surface area contributed by atoms with E-state index in [9.17, 15) is 0 Å². The van der Waals surface area contributed by atoms with E-state index in [-0.39, 0.29) is 5.54 Å². The minimum absolute atomic E-state index is 0.0262. The van der Waals surface area contributed by atoms with E-state index >= 15 is 0 Å². The van der Waals surface area contributed by atoms with Crippen LogP contribution in [0.4, 0.5) is 0 Å². The Morgan fingerprint density at radius 3 is 1.75 bits per heavy atom. The molecule has 20 heavy (non-hydrogen) atoms. The van der Waals surface area contributed by atoms with E-state index in [1.807, 2.05) is 32.4 Å². The maximum absolute atomic E-state index is 4.26. The highest BCUT2D eigenvalue weighted by atomic mass is 15.4. The molecule has 1 aromatic rings. The molecule has 3 nitrogen and oxygen atoms in total. The summed E-state index contributed by atoms with van der Waals surface area (Å²) in [4.78, 5) is 0. The zero-order valence-electron chi connectivity index (χ0n) is 15.7. The van der Waals surface area contributed by atoms with Crippen LogP contribution in [0.2, 0.25) is 0 Å². The number of nitrogens with zero attached hydrogens (tertiary/aromatic N) is 3. The van der Waals surface area contributed by atoms with Gasteiger partial charge in [-0.2, -0.15) is 0 Å². The normalized spacial score (nSPS) is 11.4. The molecule has 0 spiro atoms. The first-order valence-corrected chi connectivity index (χ1v) is 8.04. The predicted octanol–water partition coefficient (Wildman–Crippen LogP) is 5.63. The fourth-order valence-corrected chi connectivity index (χ4v) is 2.22. The lowest BCUT2D eigenvalue weighted by Gasteiger charge is -2.32. The van der Waals surface area contributed by atoms with Crippen molar-refractivity contribution in [1.29, 1.82) is 0 Å². The molecule has 0 radical (unpaired) electrons. The van der Waals surface area contributed by atoms with E-state index in [0.29, 0.717) is 11.3 Å². The van der Waals surface area contributed by atoms with Crippen LogP contribution in [-0.2, 0) is 5.54 Å². The maximum Gasteiger partial charge on any atom is 0.0852 e. The molecule has 120 valence electrons. The van der Waals surface area contributed by atoms with Crippen molar-refractivity contribution < 1.29 is 0 Å².